The molecule has 1 N–H and O–H groups in total. The van der Waals surface area contributed by atoms with Crippen molar-refractivity contribution in [3.05, 3.63) is 42.1 Å². The van der Waals surface area contributed by atoms with Gasteiger partial charge in [0, 0.05) is 0 Å². The van der Waals surface area contributed by atoms with Gasteiger partial charge in [0.05, 0.1) is 0 Å². The normalized spacial score (nSPS) is 10.0. The van der Waals surface area contributed by atoms with Gasteiger partial charge in [0.1, 0.15) is 5.75 Å². The second kappa shape index (κ2) is 5.35. The Morgan fingerprint density at radius 3 is 2.69 bits per heavy atom. The molecule has 3 heteroatoms. The fourth-order valence-electron chi connectivity index (χ4n) is 1.39. The molecule has 0 fully saturated rings. The number of amides is 1. The highest BCUT2D eigenvalue weighted by Gasteiger charge is 2.06. The van der Waals surface area contributed by atoms with Gasteiger partial charge < -0.3 is 4.74 Å². The van der Waals surface area contributed by atoms with E-state index in [1.165, 1.54) is 6.20 Å². The van der Waals surface area contributed by atoms with Gasteiger partial charge in [0.15, 0.2) is 0 Å². The number of carbonyl (C=O) groups excluding carboxylic acids is 1. The van der Waals surface area contributed by atoms with Crippen LogP contribution in [0.5, 0.6) is 5.75 Å². The molecule has 86 valence electrons. The van der Waals surface area contributed by atoms with Crippen LogP contribution in [0.1, 0.15) is 30.9 Å². The Kier molecular flexibility index (Phi) is 4.11. The van der Waals surface area contributed by atoms with Crippen molar-refractivity contribution in [2.75, 3.05) is 0 Å². The largest absolute Gasteiger partial charge is 0.416 e. The van der Waals surface area contributed by atoms with Crippen LogP contribution in [-0.4, -0.2) is 6.09 Å². The number of nitrogens with one attached hydrogen (secondary N) is 1. The maximum atomic E-state index is 11.2. The lowest BCUT2D eigenvalue weighted by Crippen LogP contribution is -2.21. The van der Waals surface area contributed by atoms with Crippen LogP contribution in [-0.2, 0) is 0 Å². The lowest BCUT2D eigenvalue weighted by molar-refractivity contribution is 0.204. The Morgan fingerprint density at radius 2 is 2.12 bits per heavy atom. The highest BCUT2D eigenvalue weighted by atomic mass is 16.5. The lowest BCUT2D eigenvalue weighted by Gasteiger charge is -2.10. The Hall–Kier alpha value is -1.77. The van der Waals surface area contributed by atoms with Crippen LogP contribution in [0.15, 0.2) is 31.0 Å². The number of carbonyl (C=O) groups is 1. The monoisotopic (exact) mass is 219 g/mol. The van der Waals surface area contributed by atoms with Gasteiger partial charge in [-0.15, -0.1) is 0 Å². The molecule has 0 atom stereocenters. The van der Waals surface area contributed by atoms with Crippen LogP contribution in [0.2, 0.25) is 0 Å². The topological polar surface area (TPSA) is 38.3 Å². The van der Waals surface area contributed by atoms with Gasteiger partial charge in [-0.05, 0) is 42.3 Å². The molecule has 0 radical (unpaired) electrons. The molecule has 3 nitrogen and oxygen atoms in total. The van der Waals surface area contributed by atoms with Crippen LogP contribution in [0.3, 0.4) is 0 Å². The molecule has 0 aromatic heterocycles. The van der Waals surface area contributed by atoms with E-state index in [9.17, 15) is 4.79 Å². The number of hydrogen-bond donors (Lipinski definition) is 1. The summed E-state index contributed by atoms with van der Waals surface area (Å²) in [6, 6.07) is 5.79. The van der Waals surface area contributed by atoms with E-state index in [1.54, 1.807) is 0 Å². The molecule has 1 rings (SSSR count). The van der Waals surface area contributed by atoms with Crippen LogP contribution >= 0.6 is 0 Å². The third-order valence-electron chi connectivity index (χ3n) is 2.17. The zero-order valence-electron chi connectivity index (χ0n) is 9.91. The Bertz CT molecular complexity index is 397. The summed E-state index contributed by atoms with van der Waals surface area (Å²) in [5, 5.41) is 2.36. The van der Waals surface area contributed by atoms with Crippen molar-refractivity contribution in [3.63, 3.8) is 0 Å². The summed E-state index contributed by atoms with van der Waals surface area (Å²) in [6.45, 7) is 9.57. The van der Waals surface area contributed by atoms with Crippen LogP contribution < -0.4 is 10.1 Å². The van der Waals surface area contributed by atoms with E-state index in [4.69, 9.17) is 4.74 Å². The van der Waals surface area contributed by atoms with E-state index >= 15 is 0 Å². The zero-order valence-corrected chi connectivity index (χ0v) is 9.91. The molecule has 0 saturated carbocycles. The summed E-state index contributed by atoms with van der Waals surface area (Å²) in [7, 11) is 0. The van der Waals surface area contributed by atoms with E-state index < -0.39 is 6.09 Å². The number of aryl methyl sites for hydroxylation is 1. The van der Waals surface area contributed by atoms with Crippen LogP contribution in [0.4, 0.5) is 4.79 Å². The summed E-state index contributed by atoms with van der Waals surface area (Å²) in [4.78, 5) is 11.2. The smallest absolute Gasteiger partial charge is 0.410 e. The van der Waals surface area contributed by atoms with E-state index in [0.29, 0.717) is 11.7 Å². The van der Waals surface area contributed by atoms with Gasteiger partial charge in [-0.25, -0.2) is 4.79 Å². The van der Waals surface area contributed by atoms with Crippen LogP contribution in [0, 0.1) is 6.92 Å². The molecule has 1 aromatic carbocycles. The number of benzene rings is 1. The first kappa shape index (κ1) is 12.3. The third-order valence-corrected chi connectivity index (χ3v) is 2.17. The molecule has 1 amide bonds. The Morgan fingerprint density at radius 1 is 1.44 bits per heavy atom. The molecule has 16 heavy (non-hydrogen) atoms. The van der Waals surface area contributed by atoms with Gasteiger partial charge >= 0.3 is 6.09 Å². The van der Waals surface area contributed by atoms with Crippen LogP contribution in [0.25, 0.3) is 0 Å². The first-order chi connectivity index (χ1) is 7.52. The van der Waals surface area contributed by atoms with Gasteiger partial charge in [-0.2, -0.15) is 0 Å². The van der Waals surface area contributed by atoms with Gasteiger partial charge in [0.2, 0.25) is 0 Å². The van der Waals surface area contributed by atoms with Crippen molar-refractivity contribution in [2.45, 2.75) is 26.7 Å². The lowest BCUT2D eigenvalue weighted by atomic mass is 10.0. The zero-order chi connectivity index (χ0) is 12.1. The van der Waals surface area contributed by atoms with E-state index in [1.807, 2.05) is 19.1 Å². The Balaban J connectivity index is 2.88. The first-order valence-corrected chi connectivity index (χ1v) is 5.23. The van der Waals surface area contributed by atoms with Crippen molar-refractivity contribution in [1.29, 1.82) is 0 Å². The molecule has 0 aliphatic rings. The Labute approximate surface area is 96.1 Å². The average molecular weight is 219 g/mol. The summed E-state index contributed by atoms with van der Waals surface area (Å²) < 4.78 is 5.11. The van der Waals surface area contributed by atoms with Crippen molar-refractivity contribution >= 4 is 6.09 Å². The maximum Gasteiger partial charge on any atom is 0.416 e. The fraction of sp³-hybridized carbons (Fsp3) is 0.308. The summed E-state index contributed by atoms with van der Waals surface area (Å²) in [5.41, 5.74) is 2.23. The minimum absolute atomic E-state index is 0.407. The van der Waals surface area contributed by atoms with E-state index in [0.717, 1.165) is 11.1 Å². The third kappa shape index (κ3) is 3.42. The molecule has 0 aliphatic heterocycles. The molecule has 1 aromatic rings. The number of ether oxygens (including phenoxy) is 1. The van der Waals surface area contributed by atoms with Gasteiger partial charge in [-0.1, -0.05) is 26.5 Å². The quantitative estimate of drug-likeness (QED) is 0.846. The predicted molar refractivity (Wildman–Crippen MR) is 64.6 cm³/mol. The van der Waals surface area contributed by atoms with Crippen molar-refractivity contribution in [3.8, 4) is 5.75 Å². The van der Waals surface area contributed by atoms with Crippen molar-refractivity contribution in [2.24, 2.45) is 0 Å². The van der Waals surface area contributed by atoms with E-state index in [-0.39, 0.29) is 0 Å². The number of rotatable bonds is 3. The molecule has 0 heterocycles. The molecule has 0 spiro atoms. The SMILES string of the molecule is C=CNC(=O)Oc1cc(C)cc(C(C)C)c1. The molecular formula is C13H17NO2. The first-order valence-electron chi connectivity index (χ1n) is 5.23. The minimum Gasteiger partial charge on any atom is -0.410 e. The second-order valence-corrected chi connectivity index (χ2v) is 3.97. The molecule has 0 unspecified atom stereocenters. The van der Waals surface area contributed by atoms with E-state index in [2.05, 4.69) is 31.8 Å². The molecular weight excluding hydrogens is 202 g/mol. The second-order valence-electron chi connectivity index (χ2n) is 3.97. The average Bonchev–Trinajstić information content (AvgIpc) is 2.16. The summed E-state index contributed by atoms with van der Waals surface area (Å²) in [6.07, 6.45) is 0.775. The van der Waals surface area contributed by atoms with Crippen molar-refractivity contribution in [1.82, 2.24) is 5.32 Å². The standard InChI is InChI=1S/C13H17NO2/c1-5-14-13(15)16-12-7-10(4)6-11(8-12)9(2)3/h5-9H,1H2,2-4H3,(H,14,15). The maximum absolute atomic E-state index is 11.2. The predicted octanol–water partition coefficient (Wildman–Crippen LogP) is 3.35. The molecule has 0 aliphatic carbocycles. The number of hydrogen-bond acceptors (Lipinski definition) is 2. The fourth-order valence-corrected chi connectivity index (χ4v) is 1.39. The van der Waals surface area contributed by atoms with Gasteiger partial charge in [0.25, 0.3) is 0 Å². The molecule has 0 saturated heterocycles. The minimum atomic E-state index is -0.518. The summed E-state index contributed by atoms with van der Waals surface area (Å²) >= 11 is 0. The molecule has 0 bridgehead atoms. The highest BCUT2D eigenvalue weighted by Crippen LogP contribution is 2.22. The highest BCUT2D eigenvalue weighted by molar-refractivity contribution is 5.71. The van der Waals surface area contributed by atoms with Crippen molar-refractivity contribution < 1.29 is 9.53 Å². The van der Waals surface area contributed by atoms with Gasteiger partial charge in [-0.3, -0.25) is 5.32 Å². The summed E-state index contributed by atoms with van der Waals surface area (Å²) in [5.74, 6) is 0.966.